The molecule has 4 rings (SSSR count). The van der Waals surface area contributed by atoms with Gasteiger partial charge >= 0.3 is 0 Å². The average Bonchev–Trinajstić information content (AvgIpc) is 3.10. The van der Waals surface area contributed by atoms with E-state index >= 15 is 0 Å². The topological polar surface area (TPSA) is 60.8 Å². The van der Waals surface area contributed by atoms with Crippen LogP contribution in [-0.2, 0) is 43.9 Å². The van der Waals surface area contributed by atoms with Gasteiger partial charge in [-0.25, -0.2) is 0 Å². The third kappa shape index (κ3) is 6.50. The molecular formula is C27H34NO3Y-. The van der Waals surface area contributed by atoms with Crippen molar-refractivity contribution in [3.05, 3.63) is 65.7 Å². The third-order valence-electron chi connectivity index (χ3n) is 7.07. The number of benzene rings is 2. The molecule has 2 aromatic rings. The quantitative estimate of drug-likeness (QED) is 0.494. The molecule has 0 bridgehead atoms. The van der Waals surface area contributed by atoms with Gasteiger partial charge in [0, 0.05) is 38.4 Å². The molecule has 2 fully saturated rings. The Bertz CT molecular complexity index is 836. The van der Waals surface area contributed by atoms with Crippen molar-refractivity contribution in [2.24, 2.45) is 5.92 Å². The monoisotopic (exact) mass is 509 g/mol. The fourth-order valence-corrected chi connectivity index (χ4v) is 5.22. The smallest absolute Gasteiger partial charge is 0.230 e. The maximum absolute atomic E-state index is 12.6. The van der Waals surface area contributed by atoms with Gasteiger partial charge < -0.3 is 15.1 Å². The summed E-state index contributed by atoms with van der Waals surface area (Å²) in [6, 6.07) is 18.3. The second-order valence-corrected chi connectivity index (χ2v) is 9.24. The van der Waals surface area contributed by atoms with Crippen LogP contribution in [0.25, 0.3) is 0 Å². The number of carbonyl (C=O) groups is 1. The van der Waals surface area contributed by atoms with Crippen LogP contribution in [0.2, 0.25) is 0 Å². The first-order valence-corrected chi connectivity index (χ1v) is 11.8. The van der Waals surface area contributed by atoms with Crippen LogP contribution in [0.5, 0.6) is 0 Å². The van der Waals surface area contributed by atoms with Crippen molar-refractivity contribution in [1.29, 1.82) is 0 Å². The first kappa shape index (κ1) is 25.6. The number of rotatable bonds is 8. The summed E-state index contributed by atoms with van der Waals surface area (Å²) >= 11 is 0. The summed E-state index contributed by atoms with van der Waals surface area (Å²) in [7, 11) is 0. The maximum Gasteiger partial charge on any atom is 0.230 e. The number of aliphatic hydroxyl groups is 2. The van der Waals surface area contributed by atoms with Gasteiger partial charge in [-0.3, -0.25) is 4.79 Å². The SMILES string of the molecule is O=C1CC(O)C(CCc2cc[c-]cc2)N1c1ccc(C(O)CCC2CCCCC2)cc1.[Y]. The Morgan fingerprint density at radius 1 is 1.00 bits per heavy atom. The van der Waals surface area contributed by atoms with Crippen molar-refractivity contribution in [3.63, 3.8) is 0 Å². The van der Waals surface area contributed by atoms with Crippen molar-refractivity contribution >= 4 is 11.6 Å². The molecule has 4 nitrogen and oxygen atoms in total. The number of hydrogen-bond donors (Lipinski definition) is 2. The van der Waals surface area contributed by atoms with Gasteiger partial charge in [-0.05, 0) is 49.3 Å². The van der Waals surface area contributed by atoms with Crippen LogP contribution in [0, 0.1) is 12.0 Å². The van der Waals surface area contributed by atoms with Crippen LogP contribution in [0.4, 0.5) is 5.69 Å². The van der Waals surface area contributed by atoms with E-state index in [9.17, 15) is 15.0 Å². The van der Waals surface area contributed by atoms with Crippen molar-refractivity contribution < 1.29 is 47.7 Å². The van der Waals surface area contributed by atoms with Crippen molar-refractivity contribution in [3.8, 4) is 0 Å². The van der Waals surface area contributed by atoms with Crippen LogP contribution < -0.4 is 4.90 Å². The number of hydrogen-bond acceptors (Lipinski definition) is 3. The zero-order valence-electron chi connectivity index (χ0n) is 18.8. The largest absolute Gasteiger partial charge is 0.390 e. The zero-order valence-corrected chi connectivity index (χ0v) is 21.7. The zero-order chi connectivity index (χ0) is 21.6. The van der Waals surface area contributed by atoms with Gasteiger partial charge in [0.2, 0.25) is 5.91 Å². The van der Waals surface area contributed by atoms with Gasteiger partial charge in [-0.2, -0.15) is 35.9 Å². The van der Waals surface area contributed by atoms with Crippen LogP contribution in [-0.4, -0.2) is 28.3 Å². The van der Waals surface area contributed by atoms with Gasteiger partial charge in [0.05, 0.1) is 24.7 Å². The van der Waals surface area contributed by atoms with Gasteiger partial charge in [0.25, 0.3) is 0 Å². The Morgan fingerprint density at radius 3 is 2.38 bits per heavy atom. The Balaban J connectivity index is 0.00000289. The van der Waals surface area contributed by atoms with E-state index in [1.807, 2.05) is 48.5 Å². The molecule has 1 aliphatic carbocycles. The molecule has 1 radical (unpaired) electrons. The van der Waals surface area contributed by atoms with E-state index in [2.05, 4.69) is 6.07 Å². The molecule has 1 saturated heterocycles. The maximum atomic E-state index is 12.6. The summed E-state index contributed by atoms with van der Waals surface area (Å²) in [6.07, 6.45) is 9.06. The minimum absolute atomic E-state index is 0. The first-order valence-electron chi connectivity index (χ1n) is 11.8. The van der Waals surface area contributed by atoms with Gasteiger partial charge in [0.15, 0.2) is 0 Å². The van der Waals surface area contributed by atoms with Crippen molar-refractivity contribution in [2.45, 2.75) is 82.5 Å². The van der Waals surface area contributed by atoms with Crippen molar-refractivity contribution in [2.75, 3.05) is 4.90 Å². The average molecular weight is 509 g/mol. The molecule has 32 heavy (non-hydrogen) atoms. The molecule has 1 aliphatic heterocycles. The van der Waals surface area contributed by atoms with Crippen LogP contribution in [0.3, 0.4) is 0 Å². The molecule has 2 N–H and O–H groups in total. The predicted octanol–water partition coefficient (Wildman–Crippen LogP) is 4.98. The van der Waals surface area contributed by atoms with Crippen LogP contribution in [0.15, 0.2) is 48.5 Å². The van der Waals surface area contributed by atoms with Gasteiger partial charge in [-0.15, -0.1) is 0 Å². The van der Waals surface area contributed by atoms with Gasteiger partial charge in [0.1, 0.15) is 0 Å². The third-order valence-corrected chi connectivity index (χ3v) is 7.07. The number of aryl methyl sites for hydroxylation is 1. The van der Waals surface area contributed by atoms with Crippen LogP contribution in [0.1, 0.15) is 75.0 Å². The number of carbonyl (C=O) groups excluding carboxylic acids is 1. The van der Waals surface area contributed by atoms with E-state index in [-0.39, 0.29) is 51.1 Å². The summed E-state index contributed by atoms with van der Waals surface area (Å²) < 4.78 is 0. The molecule has 2 aliphatic rings. The number of anilines is 1. The van der Waals surface area contributed by atoms with E-state index < -0.39 is 12.2 Å². The molecular weight excluding hydrogens is 475 g/mol. The Morgan fingerprint density at radius 2 is 1.69 bits per heavy atom. The second-order valence-electron chi connectivity index (χ2n) is 9.24. The molecule has 5 heteroatoms. The van der Waals surface area contributed by atoms with Crippen molar-refractivity contribution in [1.82, 2.24) is 0 Å². The first-order chi connectivity index (χ1) is 15.1. The minimum atomic E-state index is -0.650. The summed E-state index contributed by atoms with van der Waals surface area (Å²) in [5.41, 5.74) is 2.89. The molecule has 2 aromatic carbocycles. The van der Waals surface area contributed by atoms with Gasteiger partial charge in [-0.1, -0.05) is 44.2 Å². The van der Waals surface area contributed by atoms with E-state index in [0.29, 0.717) is 6.42 Å². The molecule has 1 amide bonds. The summed E-state index contributed by atoms with van der Waals surface area (Å²) in [4.78, 5) is 14.4. The fraction of sp³-hybridized carbons (Fsp3) is 0.519. The van der Waals surface area contributed by atoms with E-state index in [4.69, 9.17) is 0 Å². The predicted molar refractivity (Wildman–Crippen MR) is 123 cm³/mol. The van der Waals surface area contributed by atoms with E-state index in [1.165, 1.54) is 37.7 Å². The molecule has 0 aromatic heterocycles. The normalized spacial score (nSPS) is 22.6. The standard InChI is InChI=1S/C27H34NO3.Y/c29-25(18-12-21-9-5-2-6-10-21)22-13-15-23(16-14-22)28-24(26(30)19-27(28)31)17-11-20-7-3-1-4-8-20;/h3-4,7-8,13-16,21,24-26,29-30H,2,5-6,9-12,17-19H2;/q-1;. The molecule has 3 unspecified atom stereocenters. The summed E-state index contributed by atoms with van der Waals surface area (Å²) in [5.74, 6) is 0.721. The molecule has 169 valence electrons. The molecule has 3 atom stereocenters. The number of amides is 1. The fourth-order valence-electron chi connectivity index (χ4n) is 5.22. The Labute approximate surface area is 217 Å². The molecule has 1 saturated carbocycles. The summed E-state index contributed by atoms with van der Waals surface area (Å²) in [5, 5.41) is 21.1. The van der Waals surface area contributed by atoms with E-state index in [1.54, 1.807) is 4.90 Å². The Hall–Kier alpha value is -1.07. The van der Waals surface area contributed by atoms with Crippen LogP contribution >= 0.6 is 0 Å². The number of nitrogens with zero attached hydrogens (tertiary/aromatic N) is 1. The summed E-state index contributed by atoms with van der Waals surface area (Å²) in [6.45, 7) is 0. The van der Waals surface area contributed by atoms with E-state index in [0.717, 1.165) is 36.4 Å². The second kappa shape index (κ2) is 12.4. The molecule has 1 heterocycles. The Kier molecular flexibility index (Phi) is 9.91. The number of aliphatic hydroxyl groups excluding tert-OH is 2. The minimum Gasteiger partial charge on any atom is -0.390 e. The molecule has 0 spiro atoms.